The Morgan fingerprint density at radius 1 is 1.35 bits per heavy atom. The second kappa shape index (κ2) is 6.12. The standard InChI is InChI=1S/C15H25NO4/c1-3-10-7-11(12(8-10)14(18)19)13(17)16-9-15(2)5-4-6-20-15/h10-12H,3-9H2,1-2H3,(H,16,17)(H,18,19)/t10?,11-,12+,15?/m0/s1. The van der Waals surface area contributed by atoms with Gasteiger partial charge in [0.1, 0.15) is 0 Å². The van der Waals surface area contributed by atoms with Crippen LogP contribution in [0.1, 0.15) is 46.0 Å². The summed E-state index contributed by atoms with van der Waals surface area (Å²) < 4.78 is 5.64. The fraction of sp³-hybridized carbons (Fsp3) is 0.867. The Morgan fingerprint density at radius 2 is 2.05 bits per heavy atom. The fourth-order valence-electron chi connectivity index (χ4n) is 3.42. The van der Waals surface area contributed by atoms with Crippen molar-refractivity contribution in [2.24, 2.45) is 17.8 Å². The van der Waals surface area contributed by atoms with Crippen molar-refractivity contribution in [1.29, 1.82) is 0 Å². The molecule has 2 rings (SSSR count). The number of aliphatic carboxylic acids is 1. The van der Waals surface area contributed by atoms with Crippen molar-refractivity contribution in [3.05, 3.63) is 0 Å². The van der Waals surface area contributed by atoms with Crippen LogP contribution in [0.15, 0.2) is 0 Å². The molecule has 2 unspecified atom stereocenters. The van der Waals surface area contributed by atoms with Crippen LogP contribution in [0.3, 0.4) is 0 Å². The van der Waals surface area contributed by atoms with E-state index in [0.29, 0.717) is 25.3 Å². The molecule has 0 radical (unpaired) electrons. The monoisotopic (exact) mass is 283 g/mol. The highest BCUT2D eigenvalue weighted by atomic mass is 16.5. The van der Waals surface area contributed by atoms with Gasteiger partial charge in [-0.1, -0.05) is 13.3 Å². The molecular weight excluding hydrogens is 258 g/mol. The van der Waals surface area contributed by atoms with Crippen LogP contribution in [0.5, 0.6) is 0 Å². The molecule has 20 heavy (non-hydrogen) atoms. The molecule has 2 N–H and O–H groups in total. The molecule has 1 aliphatic carbocycles. The highest BCUT2D eigenvalue weighted by Crippen LogP contribution is 2.38. The molecule has 2 fully saturated rings. The van der Waals surface area contributed by atoms with E-state index in [0.717, 1.165) is 25.9 Å². The van der Waals surface area contributed by atoms with Crippen molar-refractivity contribution in [3.8, 4) is 0 Å². The highest BCUT2D eigenvalue weighted by molar-refractivity contribution is 5.85. The van der Waals surface area contributed by atoms with Crippen LogP contribution in [0.4, 0.5) is 0 Å². The molecule has 0 spiro atoms. The van der Waals surface area contributed by atoms with Crippen LogP contribution in [0.2, 0.25) is 0 Å². The van der Waals surface area contributed by atoms with E-state index in [9.17, 15) is 14.7 Å². The van der Waals surface area contributed by atoms with Gasteiger partial charge in [0.05, 0.1) is 17.4 Å². The first kappa shape index (κ1) is 15.3. The van der Waals surface area contributed by atoms with Gasteiger partial charge in [0.25, 0.3) is 0 Å². The van der Waals surface area contributed by atoms with Gasteiger partial charge in [-0.25, -0.2) is 0 Å². The summed E-state index contributed by atoms with van der Waals surface area (Å²) in [7, 11) is 0. The first-order valence-corrected chi connectivity index (χ1v) is 7.59. The molecule has 0 bridgehead atoms. The maximum atomic E-state index is 12.3. The van der Waals surface area contributed by atoms with Gasteiger partial charge in [-0.2, -0.15) is 0 Å². The number of carboxylic acids is 1. The van der Waals surface area contributed by atoms with Crippen LogP contribution >= 0.6 is 0 Å². The van der Waals surface area contributed by atoms with E-state index in [1.165, 1.54) is 0 Å². The topological polar surface area (TPSA) is 75.6 Å². The number of nitrogens with one attached hydrogen (secondary N) is 1. The lowest BCUT2D eigenvalue weighted by Crippen LogP contribution is -2.43. The Bertz CT molecular complexity index is 376. The lowest BCUT2D eigenvalue weighted by atomic mass is 9.94. The predicted octanol–water partition coefficient (Wildman–Crippen LogP) is 1.81. The smallest absolute Gasteiger partial charge is 0.307 e. The van der Waals surface area contributed by atoms with Crippen LogP contribution < -0.4 is 5.32 Å². The molecule has 2 aliphatic rings. The summed E-state index contributed by atoms with van der Waals surface area (Å²) in [6.07, 6.45) is 4.21. The molecule has 1 saturated carbocycles. The number of rotatable bonds is 5. The summed E-state index contributed by atoms with van der Waals surface area (Å²) in [5.74, 6) is -1.53. The number of carbonyl (C=O) groups is 2. The fourth-order valence-corrected chi connectivity index (χ4v) is 3.42. The third-order valence-corrected chi connectivity index (χ3v) is 4.83. The Morgan fingerprint density at radius 3 is 2.60 bits per heavy atom. The van der Waals surface area contributed by atoms with Gasteiger partial charge in [0, 0.05) is 13.2 Å². The largest absolute Gasteiger partial charge is 0.481 e. The maximum Gasteiger partial charge on any atom is 0.307 e. The summed E-state index contributed by atoms with van der Waals surface area (Å²) in [6, 6.07) is 0. The van der Waals surface area contributed by atoms with Crippen molar-refractivity contribution in [2.75, 3.05) is 13.2 Å². The molecular formula is C15H25NO4. The second-order valence-electron chi connectivity index (χ2n) is 6.42. The molecule has 1 aliphatic heterocycles. The number of ether oxygens (including phenoxy) is 1. The van der Waals surface area contributed by atoms with E-state index in [1.54, 1.807) is 0 Å². The molecule has 4 atom stereocenters. The SMILES string of the molecule is CCC1C[C@H](C(=O)NCC2(C)CCCO2)[C@H](C(=O)O)C1. The summed E-state index contributed by atoms with van der Waals surface area (Å²) in [5, 5.41) is 12.2. The third-order valence-electron chi connectivity index (χ3n) is 4.83. The Balaban J connectivity index is 1.91. The number of hydrogen-bond donors (Lipinski definition) is 2. The normalized spacial score (nSPS) is 37.0. The summed E-state index contributed by atoms with van der Waals surface area (Å²) in [6.45, 7) is 5.27. The first-order valence-electron chi connectivity index (χ1n) is 7.59. The van der Waals surface area contributed by atoms with Crippen molar-refractivity contribution >= 4 is 11.9 Å². The molecule has 5 heteroatoms. The van der Waals surface area contributed by atoms with Gasteiger partial charge in [0.15, 0.2) is 0 Å². The molecule has 0 aromatic carbocycles. The first-order chi connectivity index (χ1) is 9.45. The predicted molar refractivity (Wildman–Crippen MR) is 74.2 cm³/mol. The minimum absolute atomic E-state index is 0.120. The van der Waals surface area contributed by atoms with E-state index in [2.05, 4.69) is 12.2 Å². The van der Waals surface area contributed by atoms with Crippen LogP contribution in [0, 0.1) is 17.8 Å². The van der Waals surface area contributed by atoms with Crippen LogP contribution in [0.25, 0.3) is 0 Å². The van der Waals surface area contributed by atoms with Crippen molar-refractivity contribution in [3.63, 3.8) is 0 Å². The van der Waals surface area contributed by atoms with Crippen molar-refractivity contribution in [1.82, 2.24) is 5.32 Å². The molecule has 1 amide bonds. The van der Waals surface area contributed by atoms with Crippen LogP contribution in [-0.4, -0.2) is 35.7 Å². The number of hydrogen-bond acceptors (Lipinski definition) is 3. The van der Waals surface area contributed by atoms with E-state index in [1.807, 2.05) is 6.92 Å². The quantitative estimate of drug-likeness (QED) is 0.807. The van der Waals surface area contributed by atoms with Gasteiger partial charge < -0.3 is 15.2 Å². The van der Waals surface area contributed by atoms with Crippen LogP contribution in [-0.2, 0) is 14.3 Å². The minimum Gasteiger partial charge on any atom is -0.481 e. The van der Waals surface area contributed by atoms with E-state index >= 15 is 0 Å². The summed E-state index contributed by atoms with van der Waals surface area (Å²) in [5.41, 5.74) is -0.281. The van der Waals surface area contributed by atoms with Crippen molar-refractivity contribution in [2.45, 2.75) is 51.6 Å². The van der Waals surface area contributed by atoms with Gasteiger partial charge in [0.2, 0.25) is 5.91 Å². The number of carboxylic acid groups (broad SMARTS) is 1. The Hall–Kier alpha value is -1.10. The minimum atomic E-state index is -0.843. The lowest BCUT2D eigenvalue weighted by Gasteiger charge is -2.25. The van der Waals surface area contributed by atoms with Gasteiger partial charge >= 0.3 is 5.97 Å². The van der Waals surface area contributed by atoms with Gasteiger partial charge in [-0.3, -0.25) is 9.59 Å². The molecule has 114 valence electrons. The maximum absolute atomic E-state index is 12.3. The molecule has 1 saturated heterocycles. The zero-order valence-corrected chi connectivity index (χ0v) is 12.4. The zero-order chi connectivity index (χ0) is 14.8. The Labute approximate surface area is 120 Å². The van der Waals surface area contributed by atoms with E-state index in [-0.39, 0.29) is 17.4 Å². The number of carbonyl (C=O) groups excluding carboxylic acids is 1. The van der Waals surface area contributed by atoms with Gasteiger partial charge in [-0.05, 0) is 38.5 Å². The molecule has 1 heterocycles. The molecule has 5 nitrogen and oxygen atoms in total. The van der Waals surface area contributed by atoms with E-state index < -0.39 is 11.9 Å². The van der Waals surface area contributed by atoms with E-state index in [4.69, 9.17) is 4.74 Å². The third kappa shape index (κ3) is 3.32. The van der Waals surface area contributed by atoms with Crippen molar-refractivity contribution < 1.29 is 19.4 Å². The highest BCUT2D eigenvalue weighted by Gasteiger charge is 2.42. The average molecular weight is 283 g/mol. The Kier molecular flexibility index (Phi) is 4.68. The zero-order valence-electron chi connectivity index (χ0n) is 12.4. The molecule has 0 aromatic rings. The number of amides is 1. The second-order valence-corrected chi connectivity index (χ2v) is 6.42. The molecule has 0 aromatic heterocycles. The summed E-state index contributed by atoms with van der Waals surface area (Å²) in [4.78, 5) is 23.6. The average Bonchev–Trinajstić information content (AvgIpc) is 3.02. The lowest BCUT2D eigenvalue weighted by molar-refractivity contribution is -0.146. The summed E-state index contributed by atoms with van der Waals surface area (Å²) >= 11 is 0. The van der Waals surface area contributed by atoms with Gasteiger partial charge in [-0.15, -0.1) is 0 Å².